The first-order valence-electron chi connectivity index (χ1n) is 3.09. The number of aryl methyl sites for hydroxylation is 1. The summed E-state index contributed by atoms with van der Waals surface area (Å²) in [6.45, 7) is 1.95. The van der Waals surface area contributed by atoms with Crippen molar-refractivity contribution in [3.8, 4) is 0 Å². The van der Waals surface area contributed by atoms with Gasteiger partial charge in [-0.2, -0.15) is 11.7 Å². The van der Waals surface area contributed by atoms with E-state index in [2.05, 4.69) is 17.1 Å². The van der Waals surface area contributed by atoms with Crippen LogP contribution >= 0.6 is 0 Å². The van der Waals surface area contributed by atoms with E-state index >= 15 is 0 Å². The number of pyridine rings is 1. The fraction of sp³-hybridized carbons (Fsp3) is 0.125. The molecule has 0 aromatic carbocycles. The van der Waals surface area contributed by atoms with Crippen molar-refractivity contribution in [2.75, 3.05) is 0 Å². The number of hydrogen-bond donors (Lipinski definition) is 0. The predicted molar refractivity (Wildman–Crippen MR) is 37.6 cm³/mol. The molecule has 0 fully saturated rings. The van der Waals surface area contributed by atoms with E-state index in [1.165, 1.54) is 0 Å². The van der Waals surface area contributed by atoms with Crippen LogP contribution in [0.15, 0.2) is 18.5 Å². The molecule has 0 atom stereocenters. The van der Waals surface area contributed by atoms with E-state index in [0.717, 1.165) is 11.3 Å². The summed E-state index contributed by atoms with van der Waals surface area (Å²) >= 11 is 0. The van der Waals surface area contributed by atoms with E-state index in [-0.39, 0.29) is 65.4 Å². The van der Waals surface area contributed by atoms with Gasteiger partial charge in [-0.05, 0) is 6.92 Å². The monoisotopic (exact) mass is 308 g/mol. The largest absolute Gasteiger partial charge is 0.377 e. The van der Waals surface area contributed by atoms with Crippen LogP contribution in [0, 0.1) is 19.1 Å². The molecule has 2 rings (SSSR count). The Kier molecular flexibility index (Phi) is 6.01. The molecule has 0 aliphatic carbocycles. The van der Waals surface area contributed by atoms with Crippen molar-refractivity contribution >= 4 is 5.52 Å². The molecule has 4 heteroatoms. The fourth-order valence-corrected chi connectivity index (χ4v) is 0.950. The van der Waals surface area contributed by atoms with Gasteiger partial charge in [0.05, 0.1) is 5.82 Å². The van der Waals surface area contributed by atoms with Crippen LogP contribution in [0.2, 0.25) is 0 Å². The number of rotatable bonds is 0. The Morgan fingerprint density at radius 1 is 1.42 bits per heavy atom. The molecule has 12 heavy (non-hydrogen) atoms. The minimum Gasteiger partial charge on any atom is -0.377 e. The fourth-order valence-electron chi connectivity index (χ4n) is 0.950. The molecule has 2 nitrogen and oxygen atoms in total. The molecule has 0 saturated carbocycles. The molecule has 0 amide bonds. The zero-order chi connectivity index (χ0) is 6.97. The zero-order valence-electron chi connectivity index (χ0n) is 6.78. The van der Waals surface area contributed by atoms with Gasteiger partial charge in [-0.25, -0.2) is 0 Å². The molecule has 0 N–H and O–H groups in total. The summed E-state index contributed by atoms with van der Waals surface area (Å²) in [6, 6.07) is 7.71. The smallest absolute Gasteiger partial charge is 0.0795 e. The van der Waals surface area contributed by atoms with Gasteiger partial charge in [0.15, 0.2) is 0 Å². The van der Waals surface area contributed by atoms with Crippen molar-refractivity contribution in [2.24, 2.45) is 0 Å². The maximum Gasteiger partial charge on any atom is 0.0795 e. The molecule has 0 aliphatic rings. The second-order valence-electron chi connectivity index (χ2n) is 2.15. The van der Waals surface area contributed by atoms with Crippen molar-refractivity contribution in [3.63, 3.8) is 0 Å². The van der Waals surface area contributed by atoms with E-state index in [1.54, 1.807) is 12.3 Å². The van der Waals surface area contributed by atoms with Gasteiger partial charge in [0, 0.05) is 65.4 Å². The Morgan fingerprint density at radius 2 is 2.17 bits per heavy atom. The molecule has 0 saturated heterocycles. The van der Waals surface area contributed by atoms with Crippen LogP contribution < -0.4 is 0 Å². The van der Waals surface area contributed by atoms with E-state index in [4.69, 9.17) is 0 Å². The first-order chi connectivity index (χ1) is 4.88. The van der Waals surface area contributed by atoms with Crippen LogP contribution in [0.4, 0.5) is 0 Å². The topological polar surface area (TPSA) is 17.3 Å². The summed E-state index contributed by atoms with van der Waals surface area (Å²) in [5.41, 5.74) is 0.997. The minimum atomic E-state index is 0. The van der Waals surface area contributed by atoms with Gasteiger partial charge in [-0.15, -0.1) is 6.20 Å². The Labute approximate surface area is 122 Å². The number of aromatic nitrogens is 2. The molecule has 2 radical (unpaired) electrons. The van der Waals surface area contributed by atoms with Crippen LogP contribution in [-0.2, 0) is 65.4 Å². The van der Waals surface area contributed by atoms with Crippen LogP contribution in [0.1, 0.15) is 5.82 Å². The van der Waals surface area contributed by atoms with Crippen LogP contribution in [-0.4, -0.2) is 9.38 Å². The molecular weight excluding hydrogens is 302 g/mol. The zero-order valence-corrected chi connectivity index (χ0v) is 12.5. The first-order valence-corrected chi connectivity index (χ1v) is 3.09. The number of imidazole rings is 1. The number of nitrogens with zero attached hydrogens (tertiary/aromatic N) is 2. The average molecular weight is 308 g/mol. The standard InChI is InChI=1S/C8H6N2.2Y/c1-7-9-6-8-4-2-3-5-10(7)8;;/h2,5-6H,1H3;;/q-2;;. The van der Waals surface area contributed by atoms with Gasteiger partial charge in [0.25, 0.3) is 0 Å². The summed E-state index contributed by atoms with van der Waals surface area (Å²) in [4.78, 5) is 4.11. The van der Waals surface area contributed by atoms with Crippen molar-refractivity contribution < 1.29 is 65.4 Å². The van der Waals surface area contributed by atoms with Gasteiger partial charge in [0.1, 0.15) is 0 Å². The third-order valence-corrected chi connectivity index (χ3v) is 1.49. The second-order valence-corrected chi connectivity index (χ2v) is 2.15. The van der Waals surface area contributed by atoms with E-state index in [9.17, 15) is 0 Å². The Morgan fingerprint density at radius 3 is 2.83 bits per heavy atom. The second kappa shape index (κ2) is 5.59. The maximum atomic E-state index is 4.11. The summed E-state index contributed by atoms with van der Waals surface area (Å²) in [5, 5.41) is 0. The maximum absolute atomic E-state index is 4.11. The van der Waals surface area contributed by atoms with Gasteiger partial charge in [0.2, 0.25) is 0 Å². The third-order valence-electron chi connectivity index (χ3n) is 1.49. The molecule has 0 spiro atoms. The predicted octanol–water partition coefficient (Wildman–Crippen LogP) is 1.24. The SMILES string of the molecule is Cc1ncc2[c-]c[c-]cn12.[Y].[Y]. The third kappa shape index (κ3) is 2.44. The molecule has 2 heterocycles. The Bertz CT molecular complexity index is 357. The summed E-state index contributed by atoms with van der Waals surface area (Å²) in [6.07, 6.45) is 3.65. The molecular formula is C8H6N2Y2-2. The van der Waals surface area contributed by atoms with Crippen molar-refractivity contribution in [1.29, 1.82) is 0 Å². The molecule has 0 unspecified atom stereocenters. The molecule has 2 aromatic rings. The summed E-state index contributed by atoms with van der Waals surface area (Å²) < 4.78 is 1.94. The van der Waals surface area contributed by atoms with Crippen molar-refractivity contribution in [3.05, 3.63) is 36.4 Å². The molecule has 0 bridgehead atoms. The normalized spacial score (nSPS) is 8.75. The Balaban J connectivity index is 0.000000605. The van der Waals surface area contributed by atoms with E-state index in [0.29, 0.717) is 0 Å². The van der Waals surface area contributed by atoms with Gasteiger partial charge < -0.3 is 27.6 Å². The first kappa shape index (κ1) is 12.9. The van der Waals surface area contributed by atoms with Crippen LogP contribution in [0.25, 0.3) is 5.52 Å². The van der Waals surface area contributed by atoms with Gasteiger partial charge >= 0.3 is 0 Å². The average Bonchev–Trinajstić information content (AvgIpc) is 2.34. The van der Waals surface area contributed by atoms with Crippen molar-refractivity contribution in [1.82, 2.24) is 9.38 Å². The van der Waals surface area contributed by atoms with Gasteiger partial charge in [-0.1, -0.05) is 0 Å². The molecule has 0 aliphatic heterocycles. The minimum absolute atomic E-state index is 0. The van der Waals surface area contributed by atoms with Crippen molar-refractivity contribution in [2.45, 2.75) is 6.92 Å². The number of fused-ring (bicyclic) bond motifs is 1. The Hall–Kier alpha value is 0.898. The molecule has 56 valence electrons. The quantitative estimate of drug-likeness (QED) is 0.669. The molecule has 2 aromatic heterocycles. The number of hydrogen-bond acceptors (Lipinski definition) is 1. The van der Waals surface area contributed by atoms with Gasteiger partial charge in [-0.3, -0.25) is 0 Å². The van der Waals surface area contributed by atoms with Crippen LogP contribution in [0.3, 0.4) is 0 Å². The van der Waals surface area contributed by atoms with E-state index < -0.39 is 0 Å². The van der Waals surface area contributed by atoms with Crippen LogP contribution in [0.5, 0.6) is 0 Å². The van der Waals surface area contributed by atoms with E-state index in [1.807, 2.05) is 17.5 Å². The summed E-state index contributed by atoms with van der Waals surface area (Å²) in [5.74, 6) is 0.975. The summed E-state index contributed by atoms with van der Waals surface area (Å²) in [7, 11) is 0.